The van der Waals surface area contributed by atoms with Crippen molar-refractivity contribution in [2.24, 2.45) is 17.8 Å². The Morgan fingerprint density at radius 2 is 2.22 bits per heavy atom. The molecule has 1 aromatic rings. The molecule has 2 aliphatic rings. The van der Waals surface area contributed by atoms with Crippen molar-refractivity contribution in [2.45, 2.75) is 12.8 Å². The van der Waals surface area contributed by atoms with E-state index in [1.54, 1.807) is 0 Å². The molecule has 2 aliphatic carbocycles. The zero-order valence-electron chi connectivity index (χ0n) is 10.1. The lowest BCUT2D eigenvalue weighted by atomic mass is 9.93. The van der Waals surface area contributed by atoms with Gasteiger partial charge in [-0.2, -0.15) is 5.26 Å². The summed E-state index contributed by atoms with van der Waals surface area (Å²) >= 11 is 3.51. The van der Waals surface area contributed by atoms with Gasteiger partial charge in [-0.05, 0) is 64.7 Å². The van der Waals surface area contributed by atoms with Gasteiger partial charge in [0, 0.05) is 16.7 Å². The first kappa shape index (κ1) is 11.8. The van der Waals surface area contributed by atoms with Crippen LogP contribution >= 0.6 is 15.9 Å². The number of nitriles is 1. The molecule has 0 heterocycles. The Labute approximate surface area is 116 Å². The summed E-state index contributed by atoms with van der Waals surface area (Å²) in [7, 11) is 0. The first-order valence-corrected chi connectivity index (χ1v) is 7.17. The van der Waals surface area contributed by atoms with Crippen LogP contribution in [0.25, 0.3) is 0 Å². The van der Waals surface area contributed by atoms with E-state index in [2.05, 4.69) is 39.5 Å². The molecule has 0 radical (unpaired) electrons. The predicted molar refractivity (Wildman–Crippen MR) is 76.2 cm³/mol. The molecule has 3 rings (SSSR count). The second-order valence-corrected chi connectivity index (χ2v) is 6.08. The number of nitrogens with one attached hydrogen (secondary N) is 1. The summed E-state index contributed by atoms with van der Waals surface area (Å²) in [6.07, 6.45) is 7.43. The molecule has 0 saturated heterocycles. The van der Waals surface area contributed by atoms with E-state index in [1.807, 2.05) is 18.2 Å². The van der Waals surface area contributed by atoms with E-state index in [-0.39, 0.29) is 0 Å². The van der Waals surface area contributed by atoms with Crippen LogP contribution in [0.2, 0.25) is 0 Å². The van der Waals surface area contributed by atoms with Gasteiger partial charge >= 0.3 is 0 Å². The van der Waals surface area contributed by atoms with E-state index in [9.17, 15) is 0 Å². The van der Waals surface area contributed by atoms with Gasteiger partial charge in [-0.25, -0.2) is 0 Å². The Bertz CT molecular complexity index is 530. The summed E-state index contributed by atoms with van der Waals surface area (Å²) in [6, 6.07) is 7.84. The van der Waals surface area contributed by atoms with Gasteiger partial charge < -0.3 is 5.32 Å². The summed E-state index contributed by atoms with van der Waals surface area (Å²) in [5.74, 6) is 2.37. The van der Waals surface area contributed by atoms with E-state index < -0.39 is 0 Å². The third-order valence-electron chi connectivity index (χ3n) is 4.07. The van der Waals surface area contributed by atoms with Crippen LogP contribution in [0.1, 0.15) is 18.4 Å². The minimum Gasteiger partial charge on any atom is -0.384 e. The fourth-order valence-electron chi connectivity index (χ4n) is 3.10. The molecule has 1 saturated carbocycles. The third-order valence-corrected chi connectivity index (χ3v) is 4.73. The normalized spacial score (nSPS) is 28.3. The van der Waals surface area contributed by atoms with E-state index in [0.29, 0.717) is 5.56 Å². The Morgan fingerprint density at radius 3 is 2.83 bits per heavy atom. The number of hydrogen-bond donors (Lipinski definition) is 1. The average Bonchev–Trinajstić information content (AvgIpc) is 2.99. The summed E-state index contributed by atoms with van der Waals surface area (Å²) < 4.78 is 0.972. The summed E-state index contributed by atoms with van der Waals surface area (Å²) in [4.78, 5) is 0. The molecule has 3 atom stereocenters. The summed E-state index contributed by atoms with van der Waals surface area (Å²) in [5, 5.41) is 12.3. The van der Waals surface area contributed by atoms with Crippen molar-refractivity contribution in [3.63, 3.8) is 0 Å². The maximum atomic E-state index is 8.83. The zero-order valence-corrected chi connectivity index (χ0v) is 11.7. The molecule has 0 aliphatic heterocycles. The molecule has 18 heavy (non-hydrogen) atoms. The predicted octanol–water partition coefficient (Wildman–Crippen LogP) is 3.94. The number of hydrogen-bond acceptors (Lipinski definition) is 2. The summed E-state index contributed by atoms with van der Waals surface area (Å²) in [6.45, 7) is 1.02. The number of benzene rings is 1. The van der Waals surface area contributed by atoms with Crippen LogP contribution in [0.4, 0.5) is 5.69 Å². The van der Waals surface area contributed by atoms with Gasteiger partial charge in [0.05, 0.1) is 11.6 Å². The molecule has 92 valence electrons. The van der Waals surface area contributed by atoms with Gasteiger partial charge in [-0.15, -0.1) is 0 Å². The second-order valence-electron chi connectivity index (χ2n) is 5.23. The van der Waals surface area contributed by atoms with E-state index in [4.69, 9.17) is 5.26 Å². The molecular weight excluding hydrogens is 288 g/mol. The maximum absolute atomic E-state index is 8.83. The number of fused-ring (bicyclic) bond motifs is 2. The maximum Gasteiger partial charge on any atom is 0.0992 e. The van der Waals surface area contributed by atoms with Crippen LogP contribution < -0.4 is 5.32 Å². The third kappa shape index (κ3) is 2.18. The van der Waals surface area contributed by atoms with Gasteiger partial charge in [-0.1, -0.05) is 12.2 Å². The van der Waals surface area contributed by atoms with Gasteiger partial charge in [-0.3, -0.25) is 0 Å². The molecule has 2 bridgehead atoms. The number of anilines is 1. The van der Waals surface area contributed by atoms with Crippen LogP contribution in [0.5, 0.6) is 0 Å². The number of nitrogens with zero attached hydrogens (tertiary/aromatic N) is 1. The Balaban J connectivity index is 1.64. The monoisotopic (exact) mass is 302 g/mol. The minimum absolute atomic E-state index is 0.690. The molecule has 1 fully saturated rings. The smallest absolute Gasteiger partial charge is 0.0992 e. The van der Waals surface area contributed by atoms with Crippen molar-refractivity contribution in [3.8, 4) is 6.07 Å². The number of rotatable bonds is 3. The lowest BCUT2D eigenvalue weighted by Crippen LogP contribution is -2.18. The van der Waals surface area contributed by atoms with Crippen LogP contribution in [-0.4, -0.2) is 6.54 Å². The largest absolute Gasteiger partial charge is 0.384 e. The quantitative estimate of drug-likeness (QED) is 0.858. The van der Waals surface area contributed by atoms with E-state index in [0.717, 1.165) is 34.5 Å². The fourth-order valence-corrected chi connectivity index (χ4v) is 3.62. The van der Waals surface area contributed by atoms with Gasteiger partial charge in [0.2, 0.25) is 0 Å². The molecule has 2 nitrogen and oxygen atoms in total. The first-order valence-electron chi connectivity index (χ1n) is 6.38. The molecule has 3 heteroatoms. The zero-order chi connectivity index (χ0) is 12.5. The van der Waals surface area contributed by atoms with E-state index in [1.165, 1.54) is 12.8 Å². The van der Waals surface area contributed by atoms with Crippen molar-refractivity contribution in [1.82, 2.24) is 0 Å². The van der Waals surface area contributed by atoms with Crippen molar-refractivity contribution in [1.29, 1.82) is 5.26 Å². The van der Waals surface area contributed by atoms with Crippen LogP contribution in [0.3, 0.4) is 0 Å². The Kier molecular flexibility index (Phi) is 3.13. The highest BCUT2D eigenvalue weighted by Crippen LogP contribution is 2.43. The highest BCUT2D eigenvalue weighted by molar-refractivity contribution is 9.10. The topological polar surface area (TPSA) is 35.8 Å². The van der Waals surface area contributed by atoms with Gasteiger partial charge in [0.25, 0.3) is 0 Å². The van der Waals surface area contributed by atoms with Gasteiger partial charge in [0.15, 0.2) is 0 Å². The highest BCUT2D eigenvalue weighted by atomic mass is 79.9. The van der Waals surface area contributed by atoms with Crippen LogP contribution in [0.15, 0.2) is 34.8 Å². The molecule has 3 unspecified atom stereocenters. The highest BCUT2D eigenvalue weighted by Gasteiger charge is 2.35. The molecule has 0 amide bonds. The number of allylic oxidation sites excluding steroid dienone is 2. The lowest BCUT2D eigenvalue weighted by molar-refractivity contribution is 0.472. The van der Waals surface area contributed by atoms with Crippen molar-refractivity contribution >= 4 is 21.6 Å². The SMILES string of the molecule is N#Cc1ccc(NCC2CC3C=CC2C3)c(Br)c1. The lowest BCUT2D eigenvalue weighted by Gasteiger charge is -2.19. The average molecular weight is 303 g/mol. The molecule has 0 aromatic heterocycles. The Hall–Kier alpha value is -1.27. The van der Waals surface area contributed by atoms with Crippen molar-refractivity contribution in [2.75, 3.05) is 11.9 Å². The van der Waals surface area contributed by atoms with Crippen LogP contribution in [0, 0.1) is 29.1 Å². The van der Waals surface area contributed by atoms with Gasteiger partial charge in [0.1, 0.15) is 0 Å². The molecule has 1 N–H and O–H groups in total. The number of halogens is 1. The van der Waals surface area contributed by atoms with Crippen molar-refractivity contribution < 1.29 is 0 Å². The molecular formula is C15H15BrN2. The minimum atomic E-state index is 0.690. The standard InChI is InChI=1S/C15H15BrN2/c16-14-7-11(8-17)2-4-15(14)18-9-13-6-10-1-3-12(13)5-10/h1-4,7,10,12-13,18H,5-6,9H2. The van der Waals surface area contributed by atoms with Crippen molar-refractivity contribution in [3.05, 3.63) is 40.4 Å². The van der Waals surface area contributed by atoms with Crippen LogP contribution in [-0.2, 0) is 0 Å². The fraction of sp³-hybridized carbons (Fsp3) is 0.400. The van der Waals surface area contributed by atoms with E-state index >= 15 is 0 Å². The second kappa shape index (κ2) is 4.78. The molecule has 1 aromatic carbocycles. The Morgan fingerprint density at radius 1 is 1.33 bits per heavy atom. The molecule has 0 spiro atoms. The first-order chi connectivity index (χ1) is 8.76. The summed E-state index contributed by atoms with van der Waals surface area (Å²) in [5.41, 5.74) is 1.77.